The second kappa shape index (κ2) is 5.25. The zero-order valence-electron chi connectivity index (χ0n) is 11.0. The van der Waals surface area contributed by atoms with E-state index >= 15 is 0 Å². The van der Waals surface area contributed by atoms with Crippen molar-refractivity contribution in [3.05, 3.63) is 23.7 Å². The van der Waals surface area contributed by atoms with Gasteiger partial charge in [0.25, 0.3) is 0 Å². The zero-order valence-corrected chi connectivity index (χ0v) is 11.0. The van der Waals surface area contributed by atoms with Crippen molar-refractivity contribution >= 4 is 6.03 Å². The third-order valence-electron chi connectivity index (χ3n) is 4.20. The van der Waals surface area contributed by atoms with Crippen LogP contribution in [-0.4, -0.2) is 35.2 Å². The largest absolute Gasteiger partial charge is 0.469 e. The number of nitrogens with one attached hydrogen (secondary N) is 1. The second-order valence-electron chi connectivity index (χ2n) is 5.37. The van der Waals surface area contributed by atoms with Crippen molar-refractivity contribution in [1.29, 1.82) is 0 Å². The Morgan fingerprint density at radius 3 is 3.21 bits per heavy atom. The third-order valence-corrected chi connectivity index (χ3v) is 4.20. The Hall–Kier alpha value is -1.49. The molecule has 104 valence electrons. The van der Waals surface area contributed by atoms with Crippen LogP contribution in [0.25, 0.3) is 0 Å². The van der Waals surface area contributed by atoms with Gasteiger partial charge in [-0.3, -0.25) is 0 Å². The van der Waals surface area contributed by atoms with Crippen LogP contribution in [0.4, 0.5) is 4.79 Å². The van der Waals surface area contributed by atoms with Gasteiger partial charge in [0.15, 0.2) is 0 Å². The number of likely N-dealkylation sites (tertiary alicyclic amines) is 1. The van der Waals surface area contributed by atoms with Gasteiger partial charge in [-0.15, -0.1) is 0 Å². The van der Waals surface area contributed by atoms with Crippen molar-refractivity contribution in [2.45, 2.75) is 44.2 Å². The first-order valence-corrected chi connectivity index (χ1v) is 7.04. The molecule has 0 bridgehead atoms. The average Bonchev–Trinajstić information content (AvgIpc) is 3.07. The molecule has 0 radical (unpaired) electrons. The lowest BCUT2D eigenvalue weighted by molar-refractivity contribution is 0.153. The molecule has 2 aliphatic rings. The quantitative estimate of drug-likeness (QED) is 0.856. The number of hydrogen-bond donors (Lipinski definition) is 2. The van der Waals surface area contributed by atoms with Gasteiger partial charge in [-0.25, -0.2) is 4.79 Å². The summed E-state index contributed by atoms with van der Waals surface area (Å²) in [7, 11) is 0. The molecule has 3 rings (SSSR count). The van der Waals surface area contributed by atoms with Crippen LogP contribution in [-0.2, 0) is 6.42 Å². The van der Waals surface area contributed by atoms with Gasteiger partial charge in [-0.2, -0.15) is 0 Å². The minimum absolute atomic E-state index is 0.0209. The maximum absolute atomic E-state index is 12.3. The molecule has 0 spiro atoms. The Bertz CT molecular complexity index is 457. The lowest BCUT2D eigenvalue weighted by Crippen LogP contribution is -2.45. The SMILES string of the molecule is O=C(NC1CCCc2occc21)N1CCCC1CO. The Labute approximate surface area is 112 Å². The highest BCUT2D eigenvalue weighted by Crippen LogP contribution is 2.31. The highest BCUT2D eigenvalue weighted by molar-refractivity contribution is 5.75. The van der Waals surface area contributed by atoms with Crippen LogP contribution >= 0.6 is 0 Å². The number of carbonyl (C=O) groups is 1. The number of carbonyl (C=O) groups excluding carboxylic acids is 1. The average molecular weight is 264 g/mol. The fraction of sp³-hybridized carbons (Fsp3) is 0.643. The van der Waals surface area contributed by atoms with E-state index in [1.807, 2.05) is 6.07 Å². The number of furan rings is 1. The Balaban J connectivity index is 1.68. The second-order valence-corrected chi connectivity index (χ2v) is 5.37. The van der Waals surface area contributed by atoms with Crippen molar-refractivity contribution in [3.8, 4) is 0 Å². The number of aliphatic hydroxyl groups is 1. The van der Waals surface area contributed by atoms with Crippen LogP contribution < -0.4 is 5.32 Å². The molecule has 1 aliphatic heterocycles. The van der Waals surface area contributed by atoms with E-state index in [4.69, 9.17) is 4.42 Å². The van der Waals surface area contributed by atoms with Gasteiger partial charge in [-0.05, 0) is 31.7 Å². The topological polar surface area (TPSA) is 65.7 Å². The lowest BCUT2D eigenvalue weighted by atomic mass is 9.93. The molecule has 2 amide bonds. The molecule has 2 N–H and O–H groups in total. The first kappa shape index (κ1) is 12.5. The molecule has 5 heteroatoms. The molecular weight excluding hydrogens is 244 g/mol. The summed E-state index contributed by atoms with van der Waals surface area (Å²) in [5.74, 6) is 0.997. The van der Waals surface area contributed by atoms with E-state index in [0.29, 0.717) is 0 Å². The molecular formula is C14H20N2O3. The van der Waals surface area contributed by atoms with Gasteiger partial charge in [0, 0.05) is 18.5 Å². The van der Waals surface area contributed by atoms with Crippen LogP contribution in [0.15, 0.2) is 16.7 Å². The molecule has 2 unspecified atom stereocenters. The van der Waals surface area contributed by atoms with Crippen LogP contribution in [0.1, 0.15) is 43.0 Å². The molecule has 5 nitrogen and oxygen atoms in total. The molecule has 1 aromatic heterocycles. The maximum atomic E-state index is 12.3. The molecule has 0 saturated carbocycles. The van der Waals surface area contributed by atoms with E-state index < -0.39 is 0 Å². The zero-order chi connectivity index (χ0) is 13.2. The summed E-state index contributed by atoms with van der Waals surface area (Å²) in [4.78, 5) is 14.0. The first-order valence-electron chi connectivity index (χ1n) is 7.04. The van der Waals surface area contributed by atoms with Crippen LogP contribution in [0.2, 0.25) is 0 Å². The van der Waals surface area contributed by atoms with Gasteiger partial charge in [-0.1, -0.05) is 0 Å². The molecule has 1 aliphatic carbocycles. The summed E-state index contributed by atoms with van der Waals surface area (Å²) in [6.07, 6.45) is 6.51. The van der Waals surface area contributed by atoms with Crippen molar-refractivity contribution < 1.29 is 14.3 Å². The Morgan fingerprint density at radius 2 is 2.37 bits per heavy atom. The first-order chi connectivity index (χ1) is 9.29. The van der Waals surface area contributed by atoms with Gasteiger partial charge >= 0.3 is 6.03 Å². The van der Waals surface area contributed by atoms with Gasteiger partial charge < -0.3 is 19.7 Å². The number of rotatable bonds is 2. The summed E-state index contributed by atoms with van der Waals surface area (Å²) < 4.78 is 5.43. The van der Waals surface area contributed by atoms with Crippen molar-refractivity contribution in [2.75, 3.05) is 13.2 Å². The predicted octanol–water partition coefficient (Wildman–Crippen LogP) is 1.82. The summed E-state index contributed by atoms with van der Waals surface area (Å²) in [5.41, 5.74) is 1.11. The molecule has 19 heavy (non-hydrogen) atoms. The van der Waals surface area contributed by atoms with Crippen LogP contribution in [0, 0.1) is 0 Å². The molecule has 0 aromatic carbocycles. The highest BCUT2D eigenvalue weighted by Gasteiger charge is 2.31. The van der Waals surface area contributed by atoms with Crippen molar-refractivity contribution in [3.63, 3.8) is 0 Å². The Morgan fingerprint density at radius 1 is 1.47 bits per heavy atom. The minimum Gasteiger partial charge on any atom is -0.469 e. The summed E-state index contributed by atoms with van der Waals surface area (Å²) in [6, 6.07) is 1.92. The molecule has 1 fully saturated rings. The summed E-state index contributed by atoms with van der Waals surface area (Å²) in [5, 5.41) is 12.4. The number of amides is 2. The van der Waals surface area contributed by atoms with Gasteiger partial charge in [0.05, 0.1) is 25.0 Å². The van der Waals surface area contributed by atoms with E-state index in [1.54, 1.807) is 11.2 Å². The van der Waals surface area contributed by atoms with E-state index in [9.17, 15) is 9.90 Å². The normalized spacial score (nSPS) is 26.3. The van der Waals surface area contributed by atoms with E-state index in [2.05, 4.69) is 5.32 Å². The van der Waals surface area contributed by atoms with Gasteiger partial charge in [0.1, 0.15) is 5.76 Å². The monoisotopic (exact) mass is 264 g/mol. The highest BCUT2D eigenvalue weighted by atomic mass is 16.3. The number of urea groups is 1. The smallest absolute Gasteiger partial charge is 0.318 e. The molecule has 2 atom stereocenters. The number of hydrogen-bond acceptors (Lipinski definition) is 3. The van der Waals surface area contributed by atoms with E-state index in [0.717, 1.165) is 50.0 Å². The number of aryl methyl sites for hydroxylation is 1. The van der Waals surface area contributed by atoms with E-state index in [-0.39, 0.29) is 24.7 Å². The van der Waals surface area contributed by atoms with E-state index in [1.165, 1.54) is 0 Å². The van der Waals surface area contributed by atoms with Crippen LogP contribution in [0.5, 0.6) is 0 Å². The summed E-state index contributed by atoms with van der Waals surface area (Å²) >= 11 is 0. The molecule has 1 saturated heterocycles. The summed E-state index contributed by atoms with van der Waals surface area (Å²) in [6.45, 7) is 0.789. The van der Waals surface area contributed by atoms with Crippen molar-refractivity contribution in [1.82, 2.24) is 10.2 Å². The third kappa shape index (κ3) is 2.34. The fourth-order valence-electron chi connectivity index (χ4n) is 3.16. The van der Waals surface area contributed by atoms with Gasteiger partial charge in [0.2, 0.25) is 0 Å². The predicted molar refractivity (Wildman–Crippen MR) is 69.7 cm³/mol. The Kier molecular flexibility index (Phi) is 3.46. The minimum atomic E-state index is -0.0596. The number of aliphatic hydroxyl groups excluding tert-OH is 1. The lowest BCUT2D eigenvalue weighted by Gasteiger charge is -2.28. The molecule has 1 aromatic rings. The van der Waals surface area contributed by atoms with Crippen LogP contribution in [0.3, 0.4) is 0 Å². The maximum Gasteiger partial charge on any atom is 0.318 e. The molecule has 2 heterocycles. The standard InChI is InChI=1S/C14H20N2O3/c17-9-10-3-2-7-16(10)14(18)15-12-4-1-5-13-11(12)6-8-19-13/h6,8,10,12,17H,1-5,7,9H2,(H,15,18). The number of fused-ring (bicyclic) bond motifs is 1. The van der Waals surface area contributed by atoms with Crippen molar-refractivity contribution in [2.24, 2.45) is 0 Å². The fourth-order valence-corrected chi connectivity index (χ4v) is 3.16. The number of nitrogens with zero attached hydrogens (tertiary/aromatic N) is 1.